The molecule has 0 aromatic carbocycles. The molecule has 0 aliphatic heterocycles. The van der Waals surface area contributed by atoms with Crippen LogP contribution in [0.15, 0.2) is 0 Å². The van der Waals surface area contributed by atoms with Crippen molar-refractivity contribution in [1.29, 1.82) is 0 Å². The summed E-state index contributed by atoms with van der Waals surface area (Å²) in [7, 11) is 0. The number of hydrogen-bond acceptors (Lipinski definition) is 6. The van der Waals surface area contributed by atoms with Gasteiger partial charge in [0.1, 0.15) is 6.10 Å². The Morgan fingerprint density at radius 3 is 1.33 bits per heavy atom. The average molecular weight is 198 g/mol. The van der Waals surface area contributed by atoms with E-state index in [0.717, 1.165) is 0 Å². The Bertz CT molecular complexity index is 81.6. The number of rotatable bonds is 2. The molecular weight excluding hydrogens is 190 g/mol. The fourth-order valence-corrected chi connectivity index (χ4v) is 0.0577. The van der Waals surface area contributed by atoms with Crippen molar-refractivity contribution in [2.45, 2.75) is 6.10 Å². The van der Waals surface area contributed by atoms with Gasteiger partial charge in [0.25, 0.3) is 0 Å². The van der Waals surface area contributed by atoms with Gasteiger partial charge < -0.3 is 30.3 Å². The molecule has 62 valence electrons. The summed E-state index contributed by atoms with van der Waals surface area (Å²) in [6, 6.07) is 0. The molecule has 0 heterocycles. The molecule has 0 fully saturated rings. The zero-order valence-corrected chi connectivity index (χ0v) is 11.1. The van der Waals surface area contributed by atoms with Crippen LogP contribution in [0.2, 0.25) is 0 Å². The third kappa shape index (κ3) is 43.3. The molecule has 0 aromatic rings. The normalized spacial score (nSPS) is 7.00. The molecule has 3 N–H and O–H groups in total. The van der Waals surface area contributed by atoms with Crippen LogP contribution in [0.3, 0.4) is 0 Å². The number of carboxylic acid groups (broad SMARTS) is 2. The molecule has 0 atom stereocenters. The van der Waals surface area contributed by atoms with Crippen molar-refractivity contribution in [3.8, 4) is 0 Å². The predicted octanol–water partition coefficient (Wildman–Crippen LogP) is -10.1. The van der Waals surface area contributed by atoms with Gasteiger partial charge in [-0.15, -0.1) is 0 Å². The van der Waals surface area contributed by atoms with Crippen LogP contribution in [0.25, 0.3) is 0 Å². The Morgan fingerprint density at radius 2 is 1.33 bits per heavy atom. The molecule has 0 aliphatic rings. The van der Waals surface area contributed by atoms with Crippen LogP contribution in [0.5, 0.6) is 0 Å². The van der Waals surface area contributed by atoms with Crippen LogP contribution < -0.4 is 69.3 Å². The van der Waals surface area contributed by atoms with Crippen LogP contribution in [-0.4, -0.2) is 40.8 Å². The van der Waals surface area contributed by atoms with E-state index in [1.807, 2.05) is 0 Å². The molecule has 0 radical (unpaired) electrons. The smallest absolute Gasteiger partial charge is 0.652 e. The molecule has 0 saturated carbocycles. The molecule has 0 amide bonds. The largest absolute Gasteiger partial charge is 1.00 e. The molecule has 0 bridgehead atoms. The maximum Gasteiger partial charge on any atom is 1.00 e. The number of hydrogen-bond donors (Lipinski definition) is 3. The second-order valence-electron chi connectivity index (χ2n) is 1.27. The van der Waals surface area contributed by atoms with Crippen LogP contribution in [-0.2, 0) is 0 Å². The van der Waals surface area contributed by atoms with Gasteiger partial charge in [-0.2, -0.15) is 0 Å². The predicted molar refractivity (Wildman–Crippen MR) is 25.6 cm³/mol. The first-order valence-electron chi connectivity index (χ1n) is 2.32. The Morgan fingerprint density at radius 1 is 1.17 bits per heavy atom. The summed E-state index contributed by atoms with van der Waals surface area (Å²) < 4.78 is 0. The van der Waals surface area contributed by atoms with Gasteiger partial charge in [0.15, 0.2) is 0 Å². The second-order valence-corrected chi connectivity index (χ2v) is 1.27. The van der Waals surface area contributed by atoms with Crippen molar-refractivity contribution in [2.75, 3.05) is 13.2 Å². The fraction of sp³-hybridized carbons (Fsp3) is 0.750. The SMILES string of the molecule is O=C([O-])[O-].OCC(O)CO.[Na+].[Na+]. The number of carbonyl (C=O) groups excluding carboxylic acids is 1. The van der Waals surface area contributed by atoms with Crippen LogP contribution in [0, 0.1) is 0 Å². The standard InChI is InChI=1S/C3H8O3.CH2O3.2Na/c4-1-3(6)2-5;2-1(3)4;;/h3-6H,1-2H2;(H2,2,3,4);;/q;;2*+1/p-2. The van der Waals surface area contributed by atoms with Crippen molar-refractivity contribution in [3.05, 3.63) is 0 Å². The summed E-state index contributed by atoms with van der Waals surface area (Å²) in [6.45, 7) is -0.729. The quantitative estimate of drug-likeness (QED) is 0.378. The Balaban J connectivity index is -0.0000000483. The monoisotopic (exact) mass is 198 g/mol. The van der Waals surface area contributed by atoms with Gasteiger partial charge in [0, 0.05) is 0 Å². The molecule has 0 aliphatic carbocycles. The summed E-state index contributed by atoms with van der Waals surface area (Å²) in [5.74, 6) is 0. The molecule has 0 spiro atoms. The molecule has 0 rings (SSSR count). The minimum atomic E-state index is -2.33. The molecule has 0 aromatic heterocycles. The third-order valence-electron chi connectivity index (χ3n) is 0.421. The summed E-state index contributed by atoms with van der Waals surface area (Å²) in [5, 5.41) is 40.7. The van der Waals surface area contributed by atoms with E-state index in [9.17, 15) is 0 Å². The first-order valence-corrected chi connectivity index (χ1v) is 2.32. The molecule has 0 unspecified atom stereocenters. The topological polar surface area (TPSA) is 124 Å². The van der Waals surface area contributed by atoms with Crippen LogP contribution in [0.1, 0.15) is 0 Å². The Labute approximate surface area is 114 Å². The summed E-state index contributed by atoms with van der Waals surface area (Å²) in [5.41, 5.74) is 0. The van der Waals surface area contributed by atoms with Gasteiger partial charge in [0.05, 0.1) is 13.2 Å². The maximum atomic E-state index is 8.33. The number of aliphatic hydroxyl groups is 3. The molecule has 12 heavy (non-hydrogen) atoms. The van der Waals surface area contributed by atoms with E-state index in [1.165, 1.54) is 0 Å². The fourth-order valence-electron chi connectivity index (χ4n) is 0.0577. The van der Waals surface area contributed by atoms with Gasteiger partial charge in [0.2, 0.25) is 0 Å². The third-order valence-corrected chi connectivity index (χ3v) is 0.421. The minimum absolute atomic E-state index is 0. The summed E-state index contributed by atoms with van der Waals surface area (Å²) >= 11 is 0. The Hall–Kier alpha value is 1.15. The summed E-state index contributed by atoms with van der Waals surface area (Å²) in [6.07, 6.45) is -3.29. The first-order chi connectivity index (χ1) is 4.54. The molecular formula is C4H8Na2O6. The molecule has 6 nitrogen and oxygen atoms in total. The molecule has 8 heteroatoms. The average Bonchev–Trinajstić information content (AvgIpc) is 1.85. The van der Waals surface area contributed by atoms with Gasteiger partial charge in [-0.1, -0.05) is 0 Å². The van der Waals surface area contributed by atoms with Gasteiger partial charge >= 0.3 is 59.1 Å². The van der Waals surface area contributed by atoms with Crippen molar-refractivity contribution in [1.82, 2.24) is 0 Å². The number of aliphatic hydroxyl groups excluding tert-OH is 3. The van der Waals surface area contributed by atoms with Crippen molar-refractivity contribution >= 4 is 6.16 Å². The van der Waals surface area contributed by atoms with E-state index < -0.39 is 12.3 Å². The van der Waals surface area contributed by atoms with Gasteiger partial charge in [-0.25, -0.2) is 0 Å². The van der Waals surface area contributed by atoms with Crippen molar-refractivity contribution in [2.24, 2.45) is 0 Å². The Kier molecular flexibility index (Phi) is 34.9. The zero-order chi connectivity index (χ0) is 8.57. The zero-order valence-electron chi connectivity index (χ0n) is 7.06. The van der Waals surface area contributed by atoms with Crippen LogP contribution >= 0.6 is 0 Å². The van der Waals surface area contributed by atoms with Crippen molar-refractivity contribution < 1.29 is 89.4 Å². The minimum Gasteiger partial charge on any atom is -0.652 e. The van der Waals surface area contributed by atoms with Gasteiger partial charge in [-0.05, 0) is 6.16 Å². The van der Waals surface area contributed by atoms with E-state index in [2.05, 4.69) is 0 Å². The van der Waals surface area contributed by atoms with E-state index >= 15 is 0 Å². The van der Waals surface area contributed by atoms with E-state index in [1.54, 1.807) is 0 Å². The van der Waals surface area contributed by atoms with E-state index in [4.69, 9.17) is 30.3 Å². The van der Waals surface area contributed by atoms with E-state index in [-0.39, 0.29) is 72.3 Å². The molecule has 0 saturated heterocycles. The number of carbonyl (C=O) groups is 1. The maximum absolute atomic E-state index is 8.33. The summed E-state index contributed by atoms with van der Waals surface area (Å²) in [4.78, 5) is 8.33. The second kappa shape index (κ2) is 18.0. The first kappa shape index (κ1) is 23.2. The van der Waals surface area contributed by atoms with Crippen molar-refractivity contribution in [3.63, 3.8) is 0 Å². The van der Waals surface area contributed by atoms with Gasteiger partial charge in [-0.3, -0.25) is 0 Å². The van der Waals surface area contributed by atoms with Crippen LogP contribution in [0.4, 0.5) is 4.79 Å². The van der Waals surface area contributed by atoms with E-state index in [0.29, 0.717) is 0 Å².